The van der Waals surface area contributed by atoms with Crippen LogP contribution >= 0.6 is 0 Å². The van der Waals surface area contributed by atoms with Crippen molar-refractivity contribution in [3.63, 3.8) is 0 Å². The van der Waals surface area contributed by atoms with Crippen molar-refractivity contribution < 1.29 is 20.1 Å². The molecule has 300 valence electrons. The summed E-state index contributed by atoms with van der Waals surface area (Å²) in [6, 6.07) is 0.884. The summed E-state index contributed by atoms with van der Waals surface area (Å²) < 4.78 is 5.10. The van der Waals surface area contributed by atoms with E-state index in [1.807, 2.05) is 28.2 Å². The van der Waals surface area contributed by atoms with E-state index in [9.17, 15) is 0 Å². The molecular weight excluding hydrogens is 632 g/mol. The summed E-state index contributed by atoms with van der Waals surface area (Å²) in [6.07, 6.45) is 14.7. The fraction of sp³-hybridized carbons (Fsp3) is 1.00. The van der Waals surface area contributed by atoms with Crippen LogP contribution in [0.1, 0.15) is 77.0 Å². The number of likely N-dealkylation sites (tertiary alicyclic amines) is 5. The Morgan fingerprint density at radius 1 is 0.480 bits per heavy atom. The molecule has 1 saturated carbocycles. The number of hydrogen-bond acceptors (Lipinski definition) is 12. The molecule has 5 N–H and O–H groups in total. The number of likely N-dealkylation sites (N-methyl/N-ethyl adjacent to an activating group) is 3. The van der Waals surface area contributed by atoms with Crippen LogP contribution in [0.3, 0.4) is 0 Å². The molecule has 6 aliphatic heterocycles. The third-order valence-corrected chi connectivity index (χ3v) is 10.0. The van der Waals surface area contributed by atoms with Gasteiger partial charge in [-0.25, -0.2) is 0 Å². The summed E-state index contributed by atoms with van der Waals surface area (Å²) in [6.45, 7) is 16.4. The molecule has 7 aliphatic rings. The molecule has 12 nitrogen and oxygen atoms in total. The number of piperidine rings is 3. The van der Waals surface area contributed by atoms with E-state index in [1.165, 1.54) is 71.1 Å². The molecule has 7 rings (SSSR count). The van der Waals surface area contributed by atoms with Crippen LogP contribution in [-0.4, -0.2) is 217 Å². The van der Waals surface area contributed by atoms with E-state index in [4.69, 9.17) is 20.1 Å². The summed E-state index contributed by atoms with van der Waals surface area (Å²) in [7, 11) is 14.5. The second-order valence-corrected chi connectivity index (χ2v) is 15.5. The van der Waals surface area contributed by atoms with E-state index in [1.54, 1.807) is 0 Å². The number of rotatable bonds is 3. The molecule has 7 fully saturated rings. The zero-order valence-corrected chi connectivity index (χ0v) is 33.8. The Morgan fingerprint density at radius 3 is 1.22 bits per heavy atom. The minimum atomic E-state index is -0.0613. The first-order valence-electron chi connectivity index (χ1n) is 20.1. The standard InChI is InChI=1S/C6H14N2.2C6H13NO.C6H13N.2C5H11NO.C4H9N/c1-7-6-8-4-2-3-5-8;1-7-4-2-6(8)3-5-7;1-7-4-2-3-6(8)5-7;1-7-5-3-2-4-6-7;1-6-2-4-7-5-3-6;1-6-3-2-5(7)4-6;1-5-4-2-3-4/h7H,2-6H2,1H3;2*6,8H,2-5H2,1H3;2-6H2,1H3;2-5H2,1H3;5,7H,2-4H2,1H3;4-5H,2-3H2,1H3. The third kappa shape index (κ3) is 29.0. The fourth-order valence-corrected chi connectivity index (χ4v) is 6.29. The Morgan fingerprint density at radius 2 is 0.920 bits per heavy atom. The normalized spacial score (nSPS) is 27.2. The summed E-state index contributed by atoms with van der Waals surface area (Å²) in [5.41, 5.74) is 0. The number of ether oxygens (including phenoxy) is 1. The summed E-state index contributed by atoms with van der Waals surface area (Å²) in [5, 5.41) is 33.2. The second-order valence-electron chi connectivity index (χ2n) is 15.5. The molecule has 12 heteroatoms. The Labute approximate surface area is 308 Å². The monoisotopic (exact) mass is 717 g/mol. The van der Waals surface area contributed by atoms with Gasteiger partial charge in [-0.1, -0.05) is 6.42 Å². The van der Waals surface area contributed by atoms with E-state index in [-0.39, 0.29) is 18.3 Å². The lowest BCUT2D eigenvalue weighted by Crippen LogP contribution is -2.34. The van der Waals surface area contributed by atoms with E-state index < -0.39 is 0 Å². The number of nitrogens with zero attached hydrogens (tertiary/aromatic N) is 6. The Hall–Kier alpha value is -0.480. The van der Waals surface area contributed by atoms with Gasteiger partial charge in [-0.2, -0.15) is 0 Å². The molecule has 6 heterocycles. The number of hydrogen-bond donors (Lipinski definition) is 5. The van der Waals surface area contributed by atoms with Gasteiger partial charge in [0.2, 0.25) is 0 Å². The van der Waals surface area contributed by atoms with Crippen LogP contribution in [0.2, 0.25) is 0 Å². The predicted molar refractivity (Wildman–Crippen MR) is 210 cm³/mol. The molecule has 1 aliphatic carbocycles. The van der Waals surface area contributed by atoms with E-state index in [0.717, 1.165) is 110 Å². The van der Waals surface area contributed by atoms with Gasteiger partial charge in [0.15, 0.2) is 0 Å². The van der Waals surface area contributed by atoms with Crippen molar-refractivity contribution in [1.29, 1.82) is 0 Å². The van der Waals surface area contributed by atoms with Gasteiger partial charge < -0.3 is 55.2 Å². The van der Waals surface area contributed by atoms with Gasteiger partial charge in [-0.05, 0) is 153 Å². The van der Waals surface area contributed by atoms with Crippen molar-refractivity contribution in [2.45, 2.75) is 101 Å². The maximum Gasteiger partial charge on any atom is 0.0679 e. The molecule has 0 amide bonds. The highest BCUT2D eigenvalue weighted by molar-refractivity contribution is 4.78. The topological polar surface area (TPSA) is 113 Å². The molecule has 2 atom stereocenters. The molecule has 0 aromatic rings. The lowest BCUT2D eigenvalue weighted by Gasteiger charge is -2.25. The molecular formula is C38H84N8O4. The predicted octanol–water partition coefficient (Wildman–Crippen LogP) is 1.51. The molecule has 0 spiro atoms. The molecule has 50 heavy (non-hydrogen) atoms. The number of morpholine rings is 1. The zero-order chi connectivity index (χ0) is 37.0. The van der Waals surface area contributed by atoms with Crippen LogP contribution in [-0.2, 0) is 4.74 Å². The average molecular weight is 717 g/mol. The minimum Gasteiger partial charge on any atom is -0.393 e. The van der Waals surface area contributed by atoms with Gasteiger partial charge in [-0.15, -0.1) is 0 Å². The smallest absolute Gasteiger partial charge is 0.0679 e. The first-order valence-corrected chi connectivity index (χ1v) is 20.1. The van der Waals surface area contributed by atoms with Gasteiger partial charge in [0.1, 0.15) is 0 Å². The maximum absolute atomic E-state index is 9.04. The van der Waals surface area contributed by atoms with E-state index in [2.05, 4.69) is 61.2 Å². The van der Waals surface area contributed by atoms with E-state index >= 15 is 0 Å². The summed E-state index contributed by atoms with van der Waals surface area (Å²) in [5.74, 6) is 0. The highest BCUT2D eigenvalue weighted by atomic mass is 16.5. The lowest BCUT2D eigenvalue weighted by molar-refractivity contribution is 0.0503. The Bertz CT molecular complexity index is 682. The van der Waals surface area contributed by atoms with Crippen molar-refractivity contribution in [2.75, 3.05) is 148 Å². The van der Waals surface area contributed by atoms with Crippen LogP contribution in [0.5, 0.6) is 0 Å². The molecule has 0 aromatic heterocycles. The number of aliphatic hydroxyl groups is 3. The van der Waals surface area contributed by atoms with Crippen molar-refractivity contribution in [3.8, 4) is 0 Å². The first kappa shape index (κ1) is 47.5. The van der Waals surface area contributed by atoms with E-state index in [0.29, 0.717) is 0 Å². The van der Waals surface area contributed by atoms with Gasteiger partial charge in [0.25, 0.3) is 0 Å². The zero-order valence-electron chi connectivity index (χ0n) is 33.8. The fourth-order valence-electron chi connectivity index (χ4n) is 6.29. The van der Waals surface area contributed by atoms with Crippen molar-refractivity contribution in [3.05, 3.63) is 0 Å². The Kier molecular flexibility index (Phi) is 29.4. The SMILES string of the molecule is CN1CCC(O)C1.CN1CCC(O)CC1.CN1CCCC(O)C1.CN1CCCCC1.CN1CCOCC1.CNC1CC1.CNCN1CCCC1. The lowest BCUT2D eigenvalue weighted by atomic mass is 10.1. The van der Waals surface area contributed by atoms with Crippen LogP contribution in [0.15, 0.2) is 0 Å². The highest BCUT2D eigenvalue weighted by Gasteiger charge is 2.17. The molecule has 0 radical (unpaired) electrons. The van der Waals surface area contributed by atoms with Gasteiger partial charge in [-0.3, -0.25) is 4.90 Å². The van der Waals surface area contributed by atoms with Gasteiger partial charge in [0, 0.05) is 58.5 Å². The second kappa shape index (κ2) is 30.9. The van der Waals surface area contributed by atoms with Crippen molar-refractivity contribution >= 4 is 0 Å². The molecule has 0 bridgehead atoms. The summed E-state index contributed by atoms with van der Waals surface area (Å²) >= 11 is 0. The number of β-amino-alcohol motifs (C(OH)–C–C–N with tert-alkyl or cyclic N) is 2. The van der Waals surface area contributed by atoms with Gasteiger partial charge in [0.05, 0.1) is 31.5 Å². The third-order valence-electron chi connectivity index (χ3n) is 10.0. The maximum atomic E-state index is 9.04. The van der Waals surface area contributed by atoms with Crippen molar-refractivity contribution in [2.24, 2.45) is 0 Å². The minimum absolute atomic E-state index is 0.0220. The number of aliphatic hydroxyl groups excluding tert-OH is 3. The first-order chi connectivity index (χ1) is 24.0. The quantitative estimate of drug-likeness (QED) is 0.292. The van der Waals surface area contributed by atoms with Crippen LogP contribution in [0.25, 0.3) is 0 Å². The van der Waals surface area contributed by atoms with Crippen LogP contribution in [0.4, 0.5) is 0 Å². The summed E-state index contributed by atoms with van der Waals surface area (Å²) in [4.78, 5) is 13.6. The molecule has 2 unspecified atom stereocenters. The average Bonchev–Trinajstić information content (AvgIpc) is 3.67. The molecule has 0 aromatic carbocycles. The van der Waals surface area contributed by atoms with Crippen molar-refractivity contribution in [1.82, 2.24) is 40.0 Å². The van der Waals surface area contributed by atoms with Gasteiger partial charge >= 0.3 is 0 Å². The Balaban J connectivity index is 0.000000293. The number of nitrogens with one attached hydrogen (secondary N) is 2. The van der Waals surface area contributed by atoms with Crippen LogP contribution < -0.4 is 10.6 Å². The highest BCUT2D eigenvalue weighted by Crippen LogP contribution is 2.17. The molecule has 6 saturated heterocycles. The van der Waals surface area contributed by atoms with Crippen LogP contribution in [0, 0.1) is 0 Å². The largest absolute Gasteiger partial charge is 0.393 e.